The Balaban J connectivity index is 2.59. The molecule has 4 N–H and O–H groups in total. The zero-order valence-corrected chi connectivity index (χ0v) is 7.26. The van der Waals surface area contributed by atoms with E-state index in [1.54, 1.807) is 0 Å². The molecule has 0 radical (unpaired) electrons. The van der Waals surface area contributed by atoms with Gasteiger partial charge in [-0.3, -0.25) is 0 Å². The molecule has 0 aliphatic carbocycles. The molecule has 1 aromatic carbocycles. The molecule has 0 atom stereocenters. The predicted octanol–water partition coefficient (Wildman–Crippen LogP) is 0.580. The summed E-state index contributed by atoms with van der Waals surface area (Å²) in [5, 5.41) is 12.3. The van der Waals surface area contributed by atoms with Gasteiger partial charge in [0.15, 0.2) is 0 Å². The maximum absolute atomic E-state index is 12.7. The van der Waals surface area contributed by atoms with Gasteiger partial charge in [0.05, 0.1) is 0 Å². The molecule has 3 nitrogen and oxygen atoms in total. The van der Waals surface area contributed by atoms with Crippen LogP contribution in [0.1, 0.15) is 5.56 Å². The van der Waals surface area contributed by atoms with Crippen LogP contribution in [0.15, 0.2) is 18.2 Å². The Hall–Kier alpha value is -1.13. The quantitative estimate of drug-likeness (QED) is 0.600. The molecule has 13 heavy (non-hydrogen) atoms. The highest BCUT2D eigenvalue weighted by Gasteiger charge is 2.01. The van der Waals surface area contributed by atoms with E-state index in [1.807, 2.05) is 0 Å². The number of nitrogens with one attached hydrogen (secondary N) is 1. The Morgan fingerprint density at radius 1 is 1.46 bits per heavy atom. The number of benzene rings is 1. The molecule has 0 saturated heterocycles. The molecular weight excluding hydrogens is 171 g/mol. The van der Waals surface area contributed by atoms with Crippen molar-refractivity contribution >= 4 is 0 Å². The van der Waals surface area contributed by atoms with Gasteiger partial charge in [-0.25, -0.2) is 4.39 Å². The molecule has 72 valence electrons. The first-order valence-electron chi connectivity index (χ1n) is 4.12. The number of halogens is 1. The van der Waals surface area contributed by atoms with Crippen LogP contribution in [0.5, 0.6) is 5.75 Å². The number of phenolic OH excluding ortho intramolecular Hbond substituents is 1. The summed E-state index contributed by atoms with van der Waals surface area (Å²) in [5.74, 6) is -0.242. The molecule has 0 aromatic heterocycles. The first-order valence-corrected chi connectivity index (χ1v) is 4.12. The number of aromatic hydroxyl groups is 1. The fourth-order valence-electron chi connectivity index (χ4n) is 1.02. The topological polar surface area (TPSA) is 58.3 Å². The van der Waals surface area contributed by atoms with Crippen molar-refractivity contribution in [1.82, 2.24) is 5.32 Å². The van der Waals surface area contributed by atoms with Crippen LogP contribution >= 0.6 is 0 Å². The zero-order chi connectivity index (χ0) is 9.68. The van der Waals surface area contributed by atoms with Crippen molar-refractivity contribution in [1.29, 1.82) is 0 Å². The van der Waals surface area contributed by atoms with Gasteiger partial charge in [0, 0.05) is 25.2 Å². The summed E-state index contributed by atoms with van der Waals surface area (Å²) in [5.41, 5.74) is 5.81. The number of hydrogen-bond acceptors (Lipinski definition) is 3. The van der Waals surface area contributed by atoms with E-state index in [0.717, 1.165) is 0 Å². The van der Waals surface area contributed by atoms with Crippen molar-refractivity contribution in [3.05, 3.63) is 29.6 Å². The van der Waals surface area contributed by atoms with E-state index in [1.165, 1.54) is 18.2 Å². The molecule has 0 fully saturated rings. The average Bonchev–Trinajstić information content (AvgIpc) is 2.11. The molecule has 0 bridgehead atoms. The van der Waals surface area contributed by atoms with Crippen molar-refractivity contribution < 1.29 is 9.50 Å². The summed E-state index contributed by atoms with van der Waals surface area (Å²) in [7, 11) is 0. The van der Waals surface area contributed by atoms with Gasteiger partial charge in [-0.1, -0.05) is 0 Å². The van der Waals surface area contributed by atoms with E-state index in [9.17, 15) is 9.50 Å². The summed E-state index contributed by atoms with van der Waals surface area (Å²) < 4.78 is 12.7. The minimum absolute atomic E-state index is 0.103. The van der Waals surface area contributed by atoms with Crippen LogP contribution in [0.25, 0.3) is 0 Å². The molecule has 0 saturated carbocycles. The molecule has 4 heteroatoms. The van der Waals surface area contributed by atoms with Gasteiger partial charge in [0.1, 0.15) is 11.6 Å². The molecule has 0 aliphatic heterocycles. The molecule has 1 aromatic rings. The second-order valence-corrected chi connectivity index (χ2v) is 2.74. The highest BCUT2D eigenvalue weighted by molar-refractivity contribution is 5.32. The Bertz CT molecular complexity index is 278. The lowest BCUT2D eigenvalue weighted by atomic mass is 10.2. The minimum atomic E-state index is -0.345. The highest BCUT2D eigenvalue weighted by atomic mass is 19.1. The largest absolute Gasteiger partial charge is 0.508 e. The fraction of sp³-hybridized carbons (Fsp3) is 0.333. The third-order valence-corrected chi connectivity index (χ3v) is 1.68. The first kappa shape index (κ1) is 9.95. The van der Waals surface area contributed by atoms with Crippen LogP contribution in [0.3, 0.4) is 0 Å². The van der Waals surface area contributed by atoms with Crippen LogP contribution in [0, 0.1) is 5.82 Å². The Morgan fingerprint density at radius 3 is 2.92 bits per heavy atom. The normalized spacial score (nSPS) is 10.3. The predicted molar refractivity (Wildman–Crippen MR) is 48.8 cm³/mol. The summed E-state index contributed by atoms with van der Waals surface area (Å²) >= 11 is 0. The minimum Gasteiger partial charge on any atom is -0.508 e. The average molecular weight is 184 g/mol. The van der Waals surface area contributed by atoms with Gasteiger partial charge in [0.2, 0.25) is 0 Å². The molecule has 0 aliphatic rings. The zero-order valence-electron chi connectivity index (χ0n) is 7.26. The maximum atomic E-state index is 12.7. The molecule has 0 heterocycles. The smallest absolute Gasteiger partial charge is 0.123 e. The van der Waals surface area contributed by atoms with Crippen molar-refractivity contribution in [3.8, 4) is 5.75 Å². The highest BCUT2D eigenvalue weighted by Crippen LogP contribution is 2.17. The molecule has 1 rings (SSSR count). The van der Waals surface area contributed by atoms with E-state index >= 15 is 0 Å². The maximum Gasteiger partial charge on any atom is 0.123 e. The summed E-state index contributed by atoms with van der Waals surface area (Å²) in [4.78, 5) is 0. The van der Waals surface area contributed by atoms with Crippen LogP contribution in [-0.2, 0) is 6.54 Å². The van der Waals surface area contributed by atoms with E-state index in [2.05, 4.69) is 5.32 Å². The lowest BCUT2D eigenvalue weighted by Gasteiger charge is -2.05. The van der Waals surface area contributed by atoms with E-state index in [4.69, 9.17) is 5.73 Å². The SMILES string of the molecule is NCCNCc1cc(F)ccc1O. The van der Waals surface area contributed by atoms with Gasteiger partial charge in [0.25, 0.3) is 0 Å². The van der Waals surface area contributed by atoms with Gasteiger partial charge in [-0.2, -0.15) is 0 Å². The Morgan fingerprint density at radius 2 is 2.23 bits per heavy atom. The monoisotopic (exact) mass is 184 g/mol. The molecular formula is C9H13FN2O. The second-order valence-electron chi connectivity index (χ2n) is 2.74. The van der Waals surface area contributed by atoms with Crippen molar-refractivity contribution in [2.75, 3.05) is 13.1 Å². The lowest BCUT2D eigenvalue weighted by Crippen LogP contribution is -2.21. The third-order valence-electron chi connectivity index (χ3n) is 1.68. The number of hydrogen-bond donors (Lipinski definition) is 3. The van der Waals surface area contributed by atoms with Crippen LogP contribution < -0.4 is 11.1 Å². The van der Waals surface area contributed by atoms with Gasteiger partial charge in [-0.15, -0.1) is 0 Å². The number of nitrogens with two attached hydrogens (primary N) is 1. The molecule has 0 spiro atoms. The summed E-state index contributed by atoms with van der Waals surface area (Å²) in [6.07, 6.45) is 0. The summed E-state index contributed by atoms with van der Waals surface area (Å²) in [6.45, 7) is 1.60. The Kier molecular flexibility index (Phi) is 3.67. The van der Waals surface area contributed by atoms with Crippen LogP contribution in [0.2, 0.25) is 0 Å². The van der Waals surface area contributed by atoms with Gasteiger partial charge >= 0.3 is 0 Å². The van der Waals surface area contributed by atoms with E-state index < -0.39 is 0 Å². The second kappa shape index (κ2) is 4.79. The van der Waals surface area contributed by atoms with Gasteiger partial charge < -0.3 is 16.2 Å². The standard InChI is InChI=1S/C9H13FN2O/c10-8-1-2-9(13)7(5-8)6-12-4-3-11/h1-2,5,12-13H,3-4,6,11H2. The molecule has 0 amide bonds. The van der Waals surface area contributed by atoms with E-state index in [-0.39, 0.29) is 11.6 Å². The van der Waals surface area contributed by atoms with Crippen LogP contribution in [-0.4, -0.2) is 18.2 Å². The van der Waals surface area contributed by atoms with E-state index in [0.29, 0.717) is 25.2 Å². The van der Waals surface area contributed by atoms with Crippen molar-refractivity contribution in [2.45, 2.75) is 6.54 Å². The van der Waals surface area contributed by atoms with Gasteiger partial charge in [-0.05, 0) is 18.2 Å². The van der Waals surface area contributed by atoms with Crippen molar-refractivity contribution in [2.24, 2.45) is 5.73 Å². The summed E-state index contributed by atoms with van der Waals surface area (Å²) in [6, 6.07) is 3.87. The first-order chi connectivity index (χ1) is 6.24. The molecule has 0 unspecified atom stereocenters. The Labute approximate surface area is 76.4 Å². The fourth-order valence-corrected chi connectivity index (χ4v) is 1.02. The number of phenols is 1. The van der Waals surface area contributed by atoms with Crippen molar-refractivity contribution in [3.63, 3.8) is 0 Å². The lowest BCUT2D eigenvalue weighted by molar-refractivity contribution is 0.462. The number of rotatable bonds is 4. The third kappa shape index (κ3) is 3.01. The van der Waals surface area contributed by atoms with Crippen LogP contribution in [0.4, 0.5) is 4.39 Å².